The Morgan fingerprint density at radius 1 is 1.50 bits per heavy atom. The van der Waals surface area contributed by atoms with Gasteiger partial charge in [-0.15, -0.1) is 0 Å². The Morgan fingerprint density at radius 3 is 3.06 bits per heavy atom. The lowest BCUT2D eigenvalue weighted by Gasteiger charge is -2.46. The molecule has 2 heterocycles. The highest BCUT2D eigenvalue weighted by molar-refractivity contribution is 5.12. The summed E-state index contributed by atoms with van der Waals surface area (Å²) in [5.41, 5.74) is 1.20. The molecule has 4 heteroatoms. The van der Waals surface area contributed by atoms with Gasteiger partial charge in [-0.2, -0.15) is 0 Å². The van der Waals surface area contributed by atoms with Gasteiger partial charge in [-0.05, 0) is 37.3 Å². The summed E-state index contributed by atoms with van der Waals surface area (Å²) in [5.74, 6) is 0.558. The van der Waals surface area contributed by atoms with Gasteiger partial charge in [0.2, 0.25) is 0 Å². The number of rotatable bonds is 3. The van der Waals surface area contributed by atoms with Crippen molar-refractivity contribution in [3.63, 3.8) is 0 Å². The van der Waals surface area contributed by atoms with Crippen molar-refractivity contribution in [2.75, 3.05) is 19.6 Å². The molecular formula is C14H20FN3. The van der Waals surface area contributed by atoms with E-state index in [1.807, 2.05) is 0 Å². The van der Waals surface area contributed by atoms with E-state index in [-0.39, 0.29) is 11.4 Å². The maximum absolute atomic E-state index is 13.2. The third kappa shape index (κ3) is 2.27. The molecule has 2 fully saturated rings. The molecule has 1 saturated heterocycles. The Morgan fingerprint density at radius 2 is 2.33 bits per heavy atom. The minimum atomic E-state index is -0.240. The van der Waals surface area contributed by atoms with Gasteiger partial charge < -0.3 is 5.32 Å². The lowest BCUT2D eigenvalue weighted by molar-refractivity contribution is 0.0483. The van der Waals surface area contributed by atoms with Crippen molar-refractivity contribution in [2.24, 2.45) is 5.92 Å². The number of hydrogen-bond acceptors (Lipinski definition) is 3. The van der Waals surface area contributed by atoms with Crippen LogP contribution in [0.2, 0.25) is 0 Å². The molecule has 0 spiro atoms. The van der Waals surface area contributed by atoms with Crippen LogP contribution in [0.4, 0.5) is 4.39 Å². The Balaban J connectivity index is 1.77. The van der Waals surface area contributed by atoms with Crippen LogP contribution in [0.5, 0.6) is 0 Å². The highest BCUT2D eigenvalue weighted by Gasteiger charge is 2.46. The molecule has 1 saturated carbocycles. The number of pyridine rings is 1. The van der Waals surface area contributed by atoms with Crippen LogP contribution in [-0.4, -0.2) is 35.1 Å². The van der Waals surface area contributed by atoms with Crippen LogP contribution in [0.1, 0.15) is 25.3 Å². The molecule has 1 aromatic rings. The van der Waals surface area contributed by atoms with Gasteiger partial charge in [-0.1, -0.05) is 0 Å². The quantitative estimate of drug-likeness (QED) is 0.885. The molecule has 3 nitrogen and oxygen atoms in total. The van der Waals surface area contributed by atoms with Crippen molar-refractivity contribution in [3.8, 4) is 0 Å². The monoisotopic (exact) mass is 249 g/mol. The molecule has 98 valence electrons. The fraction of sp³-hybridized carbons (Fsp3) is 0.643. The van der Waals surface area contributed by atoms with Gasteiger partial charge >= 0.3 is 0 Å². The number of hydrogen-bond donors (Lipinski definition) is 1. The maximum atomic E-state index is 13.2. The van der Waals surface area contributed by atoms with Crippen LogP contribution in [-0.2, 0) is 6.54 Å². The van der Waals surface area contributed by atoms with E-state index in [4.69, 9.17) is 0 Å². The molecule has 1 aliphatic heterocycles. The smallest absolute Gasteiger partial charge is 0.141 e. The molecule has 1 aromatic heterocycles. The molecule has 1 aliphatic carbocycles. The molecular weight excluding hydrogens is 229 g/mol. The zero-order chi connectivity index (χ0) is 12.6. The first-order valence-corrected chi connectivity index (χ1v) is 6.74. The lowest BCUT2D eigenvalue weighted by Crippen LogP contribution is -2.60. The van der Waals surface area contributed by atoms with Crippen LogP contribution in [0.3, 0.4) is 0 Å². The van der Waals surface area contributed by atoms with Gasteiger partial charge in [0.1, 0.15) is 5.82 Å². The van der Waals surface area contributed by atoms with Crippen molar-refractivity contribution in [3.05, 3.63) is 29.8 Å². The highest BCUT2D eigenvalue weighted by atomic mass is 19.1. The van der Waals surface area contributed by atoms with Crippen LogP contribution in [0, 0.1) is 11.7 Å². The van der Waals surface area contributed by atoms with Gasteiger partial charge in [0.05, 0.1) is 6.20 Å². The third-order valence-corrected chi connectivity index (χ3v) is 4.36. The molecule has 1 atom stereocenters. The first kappa shape index (κ1) is 12.1. The van der Waals surface area contributed by atoms with Gasteiger partial charge in [-0.25, -0.2) is 4.39 Å². The minimum absolute atomic E-state index is 0.227. The van der Waals surface area contributed by atoms with Crippen LogP contribution < -0.4 is 5.32 Å². The summed E-state index contributed by atoms with van der Waals surface area (Å²) in [6.45, 7) is 6.23. The van der Waals surface area contributed by atoms with Crippen LogP contribution >= 0.6 is 0 Å². The van der Waals surface area contributed by atoms with Crippen molar-refractivity contribution in [2.45, 2.75) is 31.8 Å². The average molecular weight is 249 g/mol. The van der Waals surface area contributed by atoms with E-state index in [9.17, 15) is 4.39 Å². The molecule has 1 unspecified atom stereocenters. The van der Waals surface area contributed by atoms with Gasteiger partial charge in [0.25, 0.3) is 0 Å². The van der Waals surface area contributed by atoms with Crippen molar-refractivity contribution < 1.29 is 4.39 Å². The molecule has 0 aromatic carbocycles. The van der Waals surface area contributed by atoms with E-state index >= 15 is 0 Å². The second-order valence-corrected chi connectivity index (χ2v) is 5.74. The Bertz CT molecular complexity index is 433. The SMILES string of the molecule is CC1(C2CC2)CNCCN1Cc1cncc(F)c1. The summed E-state index contributed by atoms with van der Waals surface area (Å²) >= 11 is 0. The normalized spacial score (nSPS) is 29.4. The summed E-state index contributed by atoms with van der Waals surface area (Å²) in [4.78, 5) is 6.44. The first-order valence-electron chi connectivity index (χ1n) is 6.74. The van der Waals surface area contributed by atoms with E-state index in [1.54, 1.807) is 12.3 Å². The summed E-state index contributed by atoms with van der Waals surface area (Å²) in [6, 6.07) is 1.60. The van der Waals surface area contributed by atoms with Crippen molar-refractivity contribution >= 4 is 0 Å². The molecule has 1 N–H and O–H groups in total. The fourth-order valence-electron chi connectivity index (χ4n) is 3.05. The number of nitrogens with zero attached hydrogens (tertiary/aromatic N) is 2. The number of piperazine rings is 1. The summed E-state index contributed by atoms with van der Waals surface area (Å²) in [5, 5.41) is 3.49. The predicted octanol–water partition coefficient (Wildman–Crippen LogP) is 1.79. The topological polar surface area (TPSA) is 28.2 Å². The number of nitrogens with one attached hydrogen (secondary N) is 1. The fourth-order valence-corrected chi connectivity index (χ4v) is 3.05. The average Bonchev–Trinajstić information content (AvgIpc) is 3.17. The summed E-state index contributed by atoms with van der Waals surface area (Å²) < 4.78 is 13.2. The predicted molar refractivity (Wildman–Crippen MR) is 68.6 cm³/mol. The van der Waals surface area contributed by atoms with Crippen molar-refractivity contribution in [1.82, 2.24) is 15.2 Å². The molecule has 0 amide bonds. The van der Waals surface area contributed by atoms with Gasteiger partial charge in [0.15, 0.2) is 0 Å². The zero-order valence-corrected chi connectivity index (χ0v) is 10.8. The van der Waals surface area contributed by atoms with E-state index in [2.05, 4.69) is 22.1 Å². The zero-order valence-electron chi connectivity index (χ0n) is 10.8. The second-order valence-electron chi connectivity index (χ2n) is 5.74. The standard InChI is InChI=1S/C14H20FN3/c1-14(12-2-3-12)10-16-4-5-18(14)9-11-6-13(15)8-17-7-11/h6-8,12,16H,2-5,9-10H2,1H3. The Labute approximate surface area is 107 Å². The number of aromatic nitrogens is 1. The Hall–Kier alpha value is -1.00. The second kappa shape index (κ2) is 4.59. The molecule has 18 heavy (non-hydrogen) atoms. The van der Waals surface area contributed by atoms with E-state index < -0.39 is 0 Å². The summed E-state index contributed by atoms with van der Waals surface area (Å²) in [7, 11) is 0. The lowest BCUT2D eigenvalue weighted by atomic mass is 9.91. The summed E-state index contributed by atoms with van der Waals surface area (Å²) in [6.07, 6.45) is 5.70. The minimum Gasteiger partial charge on any atom is -0.314 e. The number of halogens is 1. The van der Waals surface area contributed by atoms with E-state index in [0.717, 1.165) is 37.7 Å². The molecule has 0 radical (unpaired) electrons. The van der Waals surface area contributed by atoms with Gasteiger partial charge in [0, 0.05) is 37.9 Å². The van der Waals surface area contributed by atoms with Crippen molar-refractivity contribution in [1.29, 1.82) is 0 Å². The Kier molecular flexibility index (Phi) is 3.08. The van der Waals surface area contributed by atoms with Gasteiger partial charge in [-0.3, -0.25) is 9.88 Å². The molecule has 3 rings (SSSR count). The molecule has 2 aliphatic rings. The first-order chi connectivity index (χ1) is 8.68. The molecule has 0 bridgehead atoms. The highest BCUT2D eigenvalue weighted by Crippen LogP contribution is 2.43. The maximum Gasteiger partial charge on any atom is 0.141 e. The third-order valence-electron chi connectivity index (χ3n) is 4.36. The largest absolute Gasteiger partial charge is 0.314 e. The van der Waals surface area contributed by atoms with Crippen LogP contribution in [0.25, 0.3) is 0 Å². The van der Waals surface area contributed by atoms with E-state index in [1.165, 1.54) is 19.0 Å². The van der Waals surface area contributed by atoms with E-state index in [0.29, 0.717) is 0 Å². The van der Waals surface area contributed by atoms with Crippen LogP contribution in [0.15, 0.2) is 18.5 Å².